The van der Waals surface area contributed by atoms with Crippen LogP contribution in [0.2, 0.25) is 5.02 Å². The zero-order valence-corrected chi connectivity index (χ0v) is 15.4. The number of pyridine rings is 1. The molecule has 2 aromatic heterocycles. The van der Waals surface area contributed by atoms with Gasteiger partial charge in [0.2, 0.25) is 6.79 Å². The third kappa shape index (κ3) is 3.86. The third-order valence-electron chi connectivity index (χ3n) is 4.25. The van der Waals surface area contributed by atoms with Gasteiger partial charge in [-0.2, -0.15) is 13.2 Å². The number of carbonyl (C=O) groups is 1. The largest absolute Gasteiger partial charge is 0.454 e. The topological polar surface area (TPSA) is 65.4 Å². The van der Waals surface area contributed by atoms with Crippen molar-refractivity contribution in [1.29, 1.82) is 0 Å². The fourth-order valence-electron chi connectivity index (χ4n) is 2.84. The van der Waals surface area contributed by atoms with Crippen molar-refractivity contribution in [3.05, 3.63) is 70.6 Å². The molecule has 29 heavy (non-hydrogen) atoms. The van der Waals surface area contributed by atoms with Gasteiger partial charge in [0.1, 0.15) is 5.69 Å². The monoisotopic (exact) mass is 423 g/mol. The Bertz CT molecular complexity index is 1080. The average Bonchev–Trinajstić information content (AvgIpc) is 3.34. The quantitative estimate of drug-likeness (QED) is 0.683. The highest BCUT2D eigenvalue weighted by atomic mass is 35.5. The van der Waals surface area contributed by atoms with E-state index in [1.807, 2.05) is 0 Å². The predicted octanol–water partition coefficient (Wildman–Crippen LogP) is 4.20. The molecule has 0 radical (unpaired) electrons. The van der Waals surface area contributed by atoms with Crippen LogP contribution in [-0.4, -0.2) is 22.3 Å². The van der Waals surface area contributed by atoms with Gasteiger partial charge in [-0.15, -0.1) is 0 Å². The highest BCUT2D eigenvalue weighted by Crippen LogP contribution is 2.33. The van der Waals surface area contributed by atoms with Crippen molar-refractivity contribution in [2.75, 3.05) is 6.79 Å². The molecule has 0 aliphatic carbocycles. The van der Waals surface area contributed by atoms with Crippen molar-refractivity contribution in [2.24, 2.45) is 0 Å². The van der Waals surface area contributed by atoms with Crippen LogP contribution in [-0.2, 0) is 12.7 Å². The summed E-state index contributed by atoms with van der Waals surface area (Å²) in [4.78, 5) is 16.4. The molecule has 0 saturated carbocycles. The predicted molar refractivity (Wildman–Crippen MR) is 97.3 cm³/mol. The maximum absolute atomic E-state index is 12.8. The molecular weight excluding hydrogens is 411 g/mol. The molecule has 4 rings (SSSR count). The maximum Gasteiger partial charge on any atom is 0.417 e. The van der Waals surface area contributed by atoms with Crippen LogP contribution in [0.1, 0.15) is 21.6 Å². The summed E-state index contributed by atoms with van der Waals surface area (Å²) >= 11 is 5.99. The molecule has 3 heterocycles. The molecule has 10 heteroatoms. The second-order valence-corrected chi connectivity index (χ2v) is 6.57. The van der Waals surface area contributed by atoms with E-state index in [0.717, 1.165) is 11.6 Å². The van der Waals surface area contributed by atoms with Gasteiger partial charge in [0.15, 0.2) is 17.3 Å². The summed E-state index contributed by atoms with van der Waals surface area (Å²) in [6.45, 7) is 0.369. The van der Waals surface area contributed by atoms with Crippen molar-refractivity contribution < 1.29 is 27.4 Å². The van der Waals surface area contributed by atoms with Crippen LogP contribution in [0.5, 0.6) is 11.5 Å². The molecule has 1 N–H and O–H groups in total. The van der Waals surface area contributed by atoms with E-state index in [0.29, 0.717) is 17.7 Å². The van der Waals surface area contributed by atoms with Gasteiger partial charge in [-0.3, -0.25) is 9.36 Å². The SMILES string of the molecule is O=C(NCc1ccc2c(c1)OCO2)c1cccn1-c1ncc(C(F)(F)F)cc1Cl. The van der Waals surface area contributed by atoms with Gasteiger partial charge < -0.3 is 14.8 Å². The number of rotatable bonds is 4. The molecule has 0 bridgehead atoms. The number of nitrogens with one attached hydrogen (secondary N) is 1. The van der Waals surface area contributed by atoms with Gasteiger partial charge in [0.25, 0.3) is 5.91 Å². The Balaban J connectivity index is 1.52. The Hall–Kier alpha value is -3.20. The fraction of sp³-hybridized carbons (Fsp3) is 0.158. The molecule has 6 nitrogen and oxygen atoms in total. The van der Waals surface area contributed by atoms with Crippen molar-refractivity contribution >= 4 is 17.5 Å². The van der Waals surface area contributed by atoms with E-state index in [1.165, 1.54) is 16.8 Å². The van der Waals surface area contributed by atoms with Crippen molar-refractivity contribution in [3.8, 4) is 17.3 Å². The van der Waals surface area contributed by atoms with Gasteiger partial charge >= 0.3 is 6.18 Å². The number of hydrogen-bond donors (Lipinski definition) is 1. The molecule has 0 atom stereocenters. The normalized spacial score (nSPS) is 12.8. The van der Waals surface area contributed by atoms with E-state index in [-0.39, 0.29) is 29.9 Å². The molecule has 0 saturated heterocycles. The number of amides is 1. The van der Waals surface area contributed by atoms with Gasteiger partial charge in [0, 0.05) is 18.9 Å². The summed E-state index contributed by atoms with van der Waals surface area (Å²) < 4.78 is 50.3. The molecule has 1 aromatic carbocycles. The molecule has 150 valence electrons. The van der Waals surface area contributed by atoms with Crippen LogP contribution in [0.4, 0.5) is 13.2 Å². The number of fused-ring (bicyclic) bond motifs is 1. The van der Waals surface area contributed by atoms with Crippen LogP contribution < -0.4 is 14.8 Å². The van der Waals surface area contributed by atoms with Gasteiger partial charge in [0.05, 0.1) is 10.6 Å². The Labute approximate surface area is 167 Å². The summed E-state index contributed by atoms with van der Waals surface area (Å²) in [7, 11) is 0. The van der Waals surface area contributed by atoms with Gasteiger partial charge in [-0.1, -0.05) is 17.7 Å². The Morgan fingerprint density at radius 3 is 2.76 bits per heavy atom. The molecular formula is C19H13ClF3N3O3. The number of carbonyl (C=O) groups excluding carboxylic acids is 1. The molecule has 0 fully saturated rings. The van der Waals surface area contributed by atoms with Crippen LogP contribution >= 0.6 is 11.6 Å². The van der Waals surface area contributed by atoms with E-state index < -0.39 is 17.6 Å². The number of ether oxygens (including phenoxy) is 2. The van der Waals surface area contributed by atoms with E-state index in [2.05, 4.69) is 10.3 Å². The highest BCUT2D eigenvalue weighted by Gasteiger charge is 2.32. The fourth-order valence-corrected chi connectivity index (χ4v) is 3.09. The van der Waals surface area contributed by atoms with Gasteiger partial charge in [-0.25, -0.2) is 4.98 Å². The van der Waals surface area contributed by atoms with E-state index in [1.54, 1.807) is 24.3 Å². The standard InChI is InChI=1S/C19H13ClF3N3O3/c20-13-7-12(19(21,22)23)9-24-17(13)26-5-1-2-14(26)18(27)25-8-11-3-4-15-16(6-11)29-10-28-15/h1-7,9H,8,10H2,(H,25,27). The first kappa shape index (κ1) is 19.1. The summed E-state index contributed by atoms with van der Waals surface area (Å²) in [5.41, 5.74) is 0.0125. The lowest BCUT2D eigenvalue weighted by atomic mass is 10.2. The van der Waals surface area contributed by atoms with Crippen molar-refractivity contribution in [3.63, 3.8) is 0 Å². The molecule has 1 aliphatic rings. The van der Waals surface area contributed by atoms with Crippen LogP contribution in [0.15, 0.2) is 48.8 Å². The lowest BCUT2D eigenvalue weighted by Gasteiger charge is -2.13. The minimum Gasteiger partial charge on any atom is -0.454 e. The summed E-state index contributed by atoms with van der Waals surface area (Å²) in [6.07, 6.45) is -2.39. The number of aromatic nitrogens is 2. The molecule has 0 spiro atoms. The summed E-state index contributed by atoms with van der Waals surface area (Å²) in [6, 6.07) is 9.17. The van der Waals surface area contributed by atoms with E-state index in [9.17, 15) is 18.0 Å². The van der Waals surface area contributed by atoms with E-state index in [4.69, 9.17) is 21.1 Å². The van der Waals surface area contributed by atoms with Crippen molar-refractivity contribution in [2.45, 2.75) is 12.7 Å². The van der Waals surface area contributed by atoms with Crippen LogP contribution in [0, 0.1) is 0 Å². The zero-order valence-electron chi connectivity index (χ0n) is 14.7. The number of nitrogens with zero attached hydrogens (tertiary/aromatic N) is 2. The number of benzene rings is 1. The van der Waals surface area contributed by atoms with Gasteiger partial charge in [-0.05, 0) is 35.9 Å². The zero-order chi connectivity index (χ0) is 20.6. The Morgan fingerprint density at radius 2 is 2.00 bits per heavy atom. The lowest BCUT2D eigenvalue weighted by molar-refractivity contribution is -0.137. The minimum atomic E-state index is -4.56. The maximum atomic E-state index is 12.8. The number of halogens is 4. The smallest absolute Gasteiger partial charge is 0.417 e. The molecule has 0 unspecified atom stereocenters. The molecule has 1 amide bonds. The second-order valence-electron chi connectivity index (χ2n) is 6.16. The van der Waals surface area contributed by atoms with Crippen molar-refractivity contribution in [1.82, 2.24) is 14.9 Å². The molecule has 3 aromatic rings. The Morgan fingerprint density at radius 1 is 1.21 bits per heavy atom. The number of alkyl halides is 3. The van der Waals surface area contributed by atoms with Crippen LogP contribution in [0.3, 0.4) is 0 Å². The second kappa shape index (κ2) is 7.32. The average molecular weight is 424 g/mol. The minimum absolute atomic E-state index is 0.0258. The number of hydrogen-bond acceptors (Lipinski definition) is 4. The molecule has 1 aliphatic heterocycles. The summed E-state index contributed by atoms with van der Waals surface area (Å²) in [5.74, 6) is 0.821. The Kier molecular flexibility index (Phi) is 4.83. The van der Waals surface area contributed by atoms with Crippen LogP contribution in [0.25, 0.3) is 5.82 Å². The summed E-state index contributed by atoms with van der Waals surface area (Å²) in [5, 5.41) is 2.53. The first-order chi connectivity index (χ1) is 13.8. The third-order valence-corrected chi connectivity index (χ3v) is 4.53. The first-order valence-electron chi connectivity index (χ1n) is 8.40. The lowest BCUT2D eigenvalue weighted by Crippen LogP contribution is -2.25. The first-order valence-corrected chi connectivity index (χ1v) is 8.78. The highest BCUT2D eigenvalue weighted by molar-refractivity contribution is 6.32. The van der Waals surface area contributed by atoms with E-state index >= 15 is 0 Å².